The fourth-order valence-electron chi connectivity index (χ4n) is 2.81. The van der Waals surface area contributed by atoms with Crippen LogP contribution in [0.5, 0.6) is 5.75 Å². The number of aryl methyl sites for hydroxylation is 1. The zero-order chi connectivity index (χ0) is 20.3. The Morgan fingerprint density at radius 3 is 2.82 bits per heavy atom. The van der Waals surface area contributed by atoms with E-state index in [1.165, 1.54) is 17.0 Å². The molecule has 0 bridgehead atoms. The van der Waals surface area contributed by atoms with Crippen molar-refractivity contribution in [1.29, 1.82) is 0 Å². The molecule has 2 aromatic rings. The van der Waals surface area contributed by atoms with Gasteiger partial charge in [-0.2, -0.15) is 13.2 Å². The second kappa shape index (κ2) is 8.15. The normalized spacial score (nSPS) is 19.6. The Balaban J connectivity index is 1.50. The highest BCUT2D eigenvalue weighted by atomic mass is 19.4. The molecule has 28 heavy (non-hydrogen) atoms. The lowest BCUT2D eigenvalue weighted by Gasteiger charge is -2.19. The van der Waals surface area contributed by atoms with Crippen LogP contribution in [0.2, 0.25) is 0 Å². The maximum atomic E-state index is 12.8. The van der Waals surface area contributed by atoms with Gasteiger partial charge in [-0.1, -0.05) is 16.4 Å². The van der Waals surface area contributed by atoms with Crippen molar-refractivity contribution in [3.8, 4) is 5.75 Å². The maximum Gasteiger partial charge on any atom is 0.416 e. The van der Waals surface area contributed by atoms with Crippen molar-refractivity contribution in [2.24, 2.45) is 0 Å². The number of likely N-dealkylation sites (N-methyl/N-ethyl adjacent to an activating group) is 1. The Kier molecular flexibility index (Phi) is 5.84. The fourth-order valence-corrected chi connectivity index (χ4v) is 2.81. The first-order valence-corrected chi connectivity index (χ1v) is 8.58. The van der Waals surface area contributed by atoms with Gasteiger partial charge in [-0.15, -0.1) is 0 Å². The van der Waals surface area contributed by atoms with Crippen LogP contribution in [-0.2, 0) is 17.5 Å². The SMILES string of the molecule is Cc1nonc1CN(C)C(=O)C1CC(COc2cccc(C(F)(F)F)c2)NN1. The Morgan fingerprint density at radius 2 is 2.14 bits per heavy atom. The number of hydrazine groups is 1. The molecule has 152 valence electrons. The Bertz CT molecular complexity index is 826. The molecule has 2 atom stereocenters. The van der Waals surface area contributed by atoms with Crippen LogP contribution in [0.3, 0.4) is 0 Å². The zero-order valence-electron chi connectivity index (χ0n) is 15.3. The van der Waals surface area contributed by atoms with Crippen molar-refractivity contribution in [3.63, 3.8) is 0 Å². The van der Waals surface area contributed by atoms with E-state index in [0.29, 0.717) is 17.8 Å². The van der Waals surface area contributed by atoms with E-state index >= 15 is 0 Å². The molecule has 1 fully saturated rings. The molecule has 0 radical (unpaired) electrons. The highest BCUT2D eigenvalue weighted by Gasteiger charge is 2.33. The highest BCUT2D eigenvalue weighted by molar-refractivity contribution is 5.81. The summed E-state index contributed by atoms with van der Waals surface area (Å²) in [4.78, 5) is 14.0. The molecular weight excluding hydrogens is 379 g/mol. The maximum absolute atomic E-state index is 12.8. The molecule has 1 aromatic heterocycles. The number of benzene rings is 1. The summed E-state index contributed by atoms with van der Waals surface area (Å²) in [6.07, 6.45) is -4.00. The van der Waals surface area contributed by atoms with Gasteiger partial charge in [-0.25, -0.2) is 10.1 Å². The number of carbonyl (C=O) groups excluding carboxylic acids is 1. The van der Waals surface area contributed by atoms with Crippen LogP contribution < -0.4 is 15.6 Å². The quantitative estimate of drug-likeness (QED) is 0.763. The molecule has 0 spiro atoms. The molecule has 1 aliphatic rings. The lowest BCUT2D eigenvalue weighted by molar-refractivity contribution is -0.137. The summed E-state index contributed by atoms with van der Waals surface area (Å²) in [6.45, 7) is 2.12. The van der Waals surface area contributed by atoms with Crippen LogP contribution in [0.4, 0.5) is 13.2 Å². The van der Waals surface area contributed by atoms with Crippen molar-refractivity contribution < 1.29 is 27.3 Å². The first kappa shape index (κ1) is 20.1. The summed E-state index contributed by atoms with van der Waals surface area (Å²) in [6, 6.07) is 3.97. The van der Waals surface area contributed by atoms with E-state index in [-0.39, 0.29) is 30.9 Å². The zero-order valence-corrected chi connectivity index (χ0v) is 15.3. The van der Waals surface area contributed by atoms with E-state index in [9.17, 15) is 18.0 Å². The van der Waals surface area contributed by atoms with Crippen LogP contribution in [-0.4, -0.2) is 46.9 Å². The van der Waals surface area contributed by atoms with Gasteiger partial charge in [0.25, 0.3) is 0 Å². The average molecular weight is 399 g/mol. The number of halogens is 3. The molecule has 2 unspecified atom stereocenters. The lowest BCUT2D eigenvalue weighted by Crippen LogP contribution is -2.44. The minimum absolute atomic E-state index is 0.119. The molecule has 1 amide bonds. The Hall–Kier alpha value is -2.66. The second-order valence-corrected chi connectivity index (χ2v) is 6.60. The molecule has 11 heteroatoms. The number of hydrogen-bond donors (Lipinski definition) is 2. The molecular formula is C17H20F3N5O3. The molecule has 1 saturated heterocycles. The highest BCUT2D eigenvalue weighted by Crippen LogP contribution is 2.31. The van der Waals surface area contributed by atoms with Crippen molar-refractivity contribution in [3.05, 3.63) is 41.2 Å². The van der Waals surface area contributed by atoms with E-state index < -0.39 is 17.8 Å². The van der Waals surface area contributed by atoms with E-state index in [1.54, 1.807) is 14.0 Å². The van der Waals surface area contributed by atoms with Gasteiger partial charge in [0.1, 0.15) is 29.8 Å². The third kappa shape index (κ3) is 4.78. The summed E-state index contributed by atoms with van der Waals surface area (Å²) in [5, 5.41) is 7.42. The largest absolute Gasteiger partial charge is 0.492 e. The van der Waals surface area contributed by atoms with Gasteiger partial charge in [0.2, 0.25) is 5.91 Å². The number of ether oxygens (including phenoxy) is 1. The summed E-state index contributed by atoms with van der Waals surface area (Å²) in [7, 11) is 1.64. The van der Waals surface area contributed by atoms with Gasteiger partial charge >= 0.3 is 6.18 Å². The first-order chi connectivity index (χ1) is 13.2. The Labute approximate surface area is 159 Å². The molecule has 1 aromatic carbocycles. The van der Waals surface area contributed by atoms with Gasteiger partial charge in [-0.05, 0) is 31.5 Å². The number of nitrogens with one attached hydrogen (secondary N) is 2. The molecule has 1 aliphatic heterocycles. The van der Waals surface area contributed by atoms with E-state index in [2.05, 4.69) is 25.8 Å². The van der Waals surface area contributed by atoms with E-state index in [1.807, 2.05) is 0 Å². The molecule has 2 heterocycles. The van der Waals surface area contributed by atoms with Crippen LogP contribution in [0.15, 0.2) is 28.9 Å². The van der Waals surface area contributed by atoms with E-state index in [0.717, 1.165) is 12.1 Å². The van der Waals surface area contributed by atoms with Crippen molar-refractivity contribution in [2.45, 2.75) is 38.1 Å². The Morgan fingerprint density at radius 1 is 1.36 bits per heavy atom. The predicted molar refractivity (Wildman–Crippen MR) is 90.9 cm³/mol. The van der Waals surface area contributed by atoms with E-state index in [4.69, 9.17) is 4.74 Å². The van der Waals surface area contributed by atoms with Gasteiger partial charge in [0.15, 0.2) is 0 Å². The number of hydrogen-bond acceptors (Lipinski definition) is 7. The average Bonchev–Trinajstić information content (AvgIpc) is 3.28. The summed E-state index contributed by atoms with van der Waals surface area (Å²) in [5.74, 6) is -0.0333. The van der Waals surface area contributed by atoms with Crippen molar-refractivity contribution in [2.75, 3.05) is 13.7 Å². The van der Waals surface area contributed by atoms with Crippen molar-refractivity contribution in [1.82, 2.24) is 26.1 Å². The lowest BCUT2D eigenvalue weighted by atomic mass is 10.1. The smallest absolute Gasteiger partial charge is 0.416 e. The summed E-state index contributed by atoms with van der Waals surface area (Å²) < 4.78 is 48.3. The first-order valence-electron chi connectivity index (χ1n) is 8.58. The number of rotatable bonds is 6. The minimum atomic E-state index is -4.42. The standard InChI is InChI=1S/C17H20F3N5O3/c1-10-15(24-28-23-10)8-25(2)16(26)14-7-12(21-22-14)9-27-13-5-3-4-11(6-13)17(18,19)20/h3-6,12,14,21-22H,7-9H2,1-2H3. The van der Waals surface area contributed by atoms with Crippen LogP contribution >= 0.6 is 0 Å². The number of nitrogens with zero attached hydrogens (tertiary/aromatic N) is 3. The third-order valence-corrected chi connectivity index (χ3v) is 4.40. The number of carbonyl (C=O) groups is 1. The van der Waals surface area contributed by atoms with Gasteiger partial charge in [0.05, 0.1) is 18.2 Å². The molecule has 8 nitrogen and oxygen atoms in total. The monoisotopic (exact) mass is 399 g/mol. The van der Waals surface area contributed by atoms with Gasteiger partial charge in [0, 0.05) is 7.05 Å². The van der Waals surface area contributed by atoms with Gasteiger partial charge in [-0.3, -0.25) is 10.2 Å². The molecule has 0 aliphatic carbocycles. The second-order valence-electron chi connectivity index (χ2n) is 6.60. The summed E-state index contributed by atoms with van der Waals surface area (Å²) in [5.41, 5.74) is 6.25. The minimum Gasteiger partial charge on any atom is -0.492 e. The van der Waals surface area contributed by atoms with Crippen LogP contribution in [0.25, 0.3) is 0 Å². The van der Waals surface area contributed by atoms with Crippen LogP contribution in [0.1, 0.15) is 23.4 Å². The number of aromatic nitrogens is 2. The number of alkyl halides is 3. The molecule has 2 N–H and O–H groups in total. The molecule has 0 saturated carbocycles. The van der Waals surface area contributed by atoms with Gasteiger partial charge < -0.3 is 9.64 Å². The fraction of sp³-hybridized carbons (Fsp3) is 0.471. The van der Waals surface area contributed by atoms with Crippen molar-refractivity contribution >= 4 is 5.91 Å². The summed E-state index contributed by atoms with van der Waals surface area (Å²) >= 11 is 0. The van der Waals surface area contributed by atoms with Crippen LogP contribution in [0, 0.1) is 6.92 Å². The topological polar surface area (TPSA) is 92.5 Å². The number of amides is 1. The molecule has 3 rings (SSSR count). The third-order valence-electron chi connectivity index (χ3n) is 4.40. The predicted octanol–water partition coefficient (Wildman–Crippen LogP) is 1.67.